The Bertz CT molecular complexity index is 581. The van der Waals surface area contributed by atoms with Gasteiger partial charge in [-0.25, -0.2) is 13.2 Å². The van der Waals surface area contributed by atoms with Gasteiger partial charge in [-0.15, -0.1) is 0 Å². The summed E-state index contributed by atoms with van der Waals surface area (Å²) in [7, 11) is 0. The second kappa shape index (κ2) is 5.63. The number of hydrogen-bond donors (Lipinski definition) is 1. The maximum absolute atomic E-state index is 13.5. The molecule has 2 rings (SSSR count). The first kappa shape index (κ1) is 13.9. The number of benzene rings is 2. The molecular formula is C14H10ClF3O. The third-order valence-electron chi connectivity index (χ3n) is 2.70. The Hall–Kier alpha value is -1.52. The average Bonchev–Trinajstić information content (AvgIpc) is 2.31. The van der Waals surface area contributed by atoms with E-state index in [-0.39, 0.29) is 22.6 Å². The highest BCUT2D eigenvalue weighted by Gasteiger charge is 2.14. The lowest BCUT2D eigenvalue weighted by Gasteiger charge is -2.12. The summed E-state index contributed by atoms with van der Waals surface area (Å²) in [4.78, 5) is 0. The second-order valence-electron chi connectivity index (χ2n) is 4.16. The van der Waals surface area contributed by atoms with Crippen LogP contribution in [0.1, 0.15) is 17.2 Å². The molecule has 19 heavy (non-hydrogen) atoms. The van der Waals surface area contributed by atoms with Crippen LogP contribution in [0.15, 0.2) is 36.4 Å². The van der Waals surface area contributed by atoms with Gasteiger partial charge < -0.3 is 5.11 Å². The summed E-state index contributed by atoms with van der Waals surface area (Å²) in [6.45, 7) is 0. The van der Waals surface area contributed by atoms with Gasteiger partial charge in [-0.2, -0.15) is 0 Å². The molecule has 0 radical (unpaired) electrons. The number of halogens is 4. The van der Waals surface area contributed by atoms with Crippen molar-refractivity contribution in [3.05, 3.63) is 70.0 Å². The van der Waals surface area contributed by atoms with Crippen LogP contribution in [-0.4, -0.2) is 5.11 Å². The fourth-order valence-electron chi connectivity index (χ4n) is 1.78. The first-order chi connectivity index (χ1) is 8.95. The monoisotopic (exact) mass is 286 g/mol. The van der Waals surface area contributed by atoms with Gasteiger partial charge in [-0.1, -0.05) is 17.7 Å². The molecule has 2 aromatic carbocycles. The van der Waals surface area contributed by atoms with Gasteiger partial charge in [0.1, 0.15) is 17.5 Å². The first-order valence-electron chi connectivity index (χ1n) is 5.53. The molecule has 0 saturated heterocycles. The summed E-state index contributed by atoms with van der Waals surface area (Å²) in [5, 5.41) is 10.1. The van der Waals surface area contributed by atoms with Gasteiger partial charge in [0, 0.05) is 17.5 Å². The van der Waals surface area contributed by atoms with Crippen molar-refractivity contribution in [2.45, 2.75) is 12.5 Å². The van der Waals surface area contributed by atoms with E-state index in [0.29, 0.717) is 6.07 Å². The Kier molecular flexibility index (Phi) is 4.12. The molecule has 1 N–H and O–H groups in total. The molecule has 0 aliphatic carbocycles. The van der Waals surface area contributed by atoms with Gasteiger partial charge in [-0.3, -0.25) is 0 Å². The van der Waals surface area contributed by atoms with Gasteiger partial charge in [0.2, 0.25) is 0 Å². The average molecular weight is 287 g/mol. The zero-order valence-corrected chi connectivity index (χ0v) is 10.5. The molecular weight excluding hydrogens is 277 g/mol. The lowest BCUT2D eigenvalue weighted by atomic mass is 10.0. The van der Waals surface area contributed by atoms with Gasteiger partial charge in [0.05, 0.1) is 6.10 Å². The SMILES string of the molecule is OC(Cc1ccc(Cl)cc1F)c1cc(F)cc(F)c1. The fraction of sp³-hybridized carbons (Fsp3) is 0.143. The van der Waals surface area contributed by atoms with Crippen LogP contribution < -0.4 is 0 Å². The highest BCUT2D eigenvalue weighted by Crippen LogP contribution is 2.23. The Labute approximate surface area is 113 Å². The molecule has 1 unspecified atom stereocenters. The van der Waals surface area contributed by atoms with Gasteiger partial charge >= 0.3 is 0 Å². The van der Waals surface area contributed by atoms with E-state index < -0.39 is 23.6 Å². The highest BCUT2D eigenvalue weighted by molar-refractivity contribution is 6.30. The minimum atomic E-state index is -1.19. The summed E-state index contributed by atoms with van der Waals surface area (Å²) in [6.07, 6.45) is -1.29. The smallest absolute Gasteiger partial charge is 0.127 e. The molecule has 0 aliphatic heterocycles. The zero-order valence-electron chi connectivity index (χ0n) is 9.71. The van der Waals surface area contributed by atoms with Crippen molar-refractivity contribution in [1.29, 1.82) is 0 Å². The first-order valence-corrected chi connectivity index (χ1v) is 5.91. The van der Waals surface area contributed by atoms with E-state index in [4.69, 9.17) is 11.6 Å². The Morgan fingerprint density at radius 2 is 1.63 bits per heavy atom. The summed E-state index contributed by atoms with van der Waals surface area (Å²) in [5.74, 6) is -2.14. The van der Waals surface area contributed by atoms with Crippen LogP contribution >= 0.6 is 11.6 Å². The molecule has 5 heteroatoms. The zero-order chi connectivity index (χ0) is 14.0. The molecule has 0 aliphatic rings. The second-order valence-corrected chi connectivity index (χ2v) is 4.59. The molecule has 1 atom stereocenters. The number of hydrogen-bond acceptors (Lipinski definition) is 1. The van der Waals surface area contributed by atoms with E-state index in [9.17, 15) is 18.3 Å². The molecule has 0 heterocycles. The van der Waals surface area contributed by atoms with Crippen molar-refractivity contribution in [2.24, 2.45) is 0 Å². The van der Waals surface area contributed by atoms with Crippen LogP contribution in [-0.2, 0) is 6.42 Å². The summed E-state index contributed by atoms with van der Waals surface area (Å²) in [6, 6.07) is 6.77. The van der Waals surface area contributed by atoms with Crippen molar-refractivity contribution in [3.8, 4) is 0 Å². The third kappa shape index (κ3) is 3.49. The van der Waals surface area contributed by atoms with Gasteiger partial charge in [0.15, 0.2) is 0 Å². The number of aliphatic hydroxyl groups is 1. The molecule has 1 nitrogen and oxygen atoms in total. The van der Waals surface area contributed by atoms with Crippen molar-refractivity contribution >= 4 is 11.6 Å². The fourth-order valence-corrected chi connectivity index (χ4v) is 1.94. The topological polar surface area (TPSA) is 20.2 Å². The van der Waals surface area contributed by atoms with Crippen molar-refractivity contribution in [2.75, 3.05) is 0 Å². The predicted octanol–water partition coefficient (Wildman–Crippen LogP) is 4.03. The van der Waals surface area contributed by atoms with E-state index >= 15 is 0 Å². The molecule has 2 aromatic rings. The van der Waals surface area contributed by atoms with E-state index in [1.54, 1.807) is 0 Å². The lowest BCUT2D eigenvalue weighted by molar-refractivity contribution is 0.176. The Balaban J connectivity index is 2.22. The van der Waals surface area contributed by atoms with Crippen molar-refractivity contribution < 1.29 is 18.3 Å². The van der Waals surface area contributed by atoms with Crippen LogP contribution in [0.3, 0.4) is 0 Å². The minimum absolute atomic E-state index is 0.0619. The van der Waals surface area contributed by atoms with Crippen LogP contribution in [0, 0.1) is 17.5 Å². The van der Waals surface area contributed by atoms with Crippen LogP contribution in [0.5, 0.6) is 0 Å². The largest absolute Gasteiger partial charge is 0.388 e. The van der Waals surface area contributed by atoms with Gasteiger partial charge in [-0.05, 0) is 35.4 Å². The van der Waals surface area contributed by atoms with Crippen molar-refractivity contribution in [1.82, 2.24) is 0 Å². The molecule has 100 valence electrons. The van der Waals surface area contributed by atoms with Crippen LogP contribution in [0.2, 0.25) is 5.02 Å². The minimum Gasteiger partial charge on any atom is -0.388 e. The van der Waals surface area contributed by atoms with E-state index in [1.165, 1.54) is 12.1 Å². The highest BCUT2D eigenvalue weighted by atomic mass is 35.5. The van der Waals surface area contributed by atoms with Gasteiger partial charge in [0.25, 0.3) is 0 Å². The summed E-state index contributed by atoms with van der Waals surface area (Å²) in [5.41, 5.74) is 0.286. The summed E-state index contributed by atoms with van der Waals surface area (Å²) < 4.78 is 39.6. The lowest BCUT2D eigenvalue weighted by Crippen LogP contribution is -2.04. The van der Waals surface area contributed by atoms with E-state index in [2.05, 4.69) is 0 Å². The standard InChI is InChI=1S/C14H10ClF3O/c15-10-2-1-8(13(18)6-10)5-14(19)9-3-11(16)7-12(17)4-9/h1-4,6-7,14,19H,5H2. The number of aliphatic hydroxyl groups excluding tert-OH is 1. The van der Waals surface area contributed by atoms with Crippen LogP contribution in [0.25, 0.3) is 0 Å². The summed E-state index contributed by atoms with van der Waals surface area (Å²) >= 11 is 5.61. The normalized spacial score (nSPS) is 12.5. The molecule has 0 saturated carbocycles. The Morgan fingerprint density at radius 3 is 2.21 bits per heavy atom. The molecule has 0 bridgehead atoms. The van der Waals surface area contributed by atoms with Crippen LogP contribution in [0.4, 0.5) is 13.2 Å². The molecule has 0 spiro atoms. The van der Waals surface area contributed by atoms with E-state index in [0.717, 1.165) is 18.2 Å². The number of rotatable bonds is 3. The maximum Gasteiger partial charge on any atom is 0.127 e. The van der Waals surface area contributed by atoms with E-state index in [1.807, 2.05) is 0 Å². The Morgan fingerprint density at radius 1 is 1.00 bits per heavy atom. The molecule has 0 amide bonds. The quantitative estimate of drug-likeness (QED) is 0.903. The third-order valence-corrected chi connectivity index (χ3v) is 2.93. The predicted molar refractivity (Wildman–Crippen MR) is 66.4 cm³/mol. The molecule has 0 fully saturated rings. The van der Waals surface area contributed by atoms with Crippen molar-refractivity contribution in [3.63, 3.8) is 0 Å². The maximum atomic E-state index is 13.5. The molecule has 0 aromatic heterocycles.